The zero-order valence-corrected chi connectivity index (χ0v) is 16.0. The molecule has 1 heterocycles. The van der Waals surface area contributed by atoms with E-state index in [1.165, 1.54) is 21.9 Å². The highest BCUT2D eigenvalue weighted by atomic mass is 16.5. The summed E-state index contributed by atoms with van der Waals surface area (Å²) < 4.78 is 6.03. The summed E-state index contributed by atoms with van der Waals surface area (Å²) in [5, 5.41) is 2.49. The van der Waals surface area contributed by atoms with Crippen molar-refractivity contribution in [1.82, 2.24) is 4.98 Å². The molecule has 0 unspecified atom stereocenters. The van der Waals surface area contributed by atoms with Gasteiger partial charge in [-0.05, 0) is 34.9 Å². The molecule has 0 saturated heterocycles. The van der Waals surface area contributed by atoms with Crippen molar-refractivity contribution in [3.63, 3.8) is 0 Å². The van der Waals surface area contributed by atoms with Crippen LogP contribution in [0.2, 0.25) is 0 Å². The van der Waals surface area contributed by atoms with Crippen molar-refractivity contribution >= 4 is 22.9 Å². The lowest BCUT2D eigenvalue weighted by atomic mass is 10.0. The Hall–Kier alpha value is -3.39. The van der Waals surface area contributed by atoms with Crippen molar-refractivity contribution < 1.29 is 4.74 Å². The number of hydrogen-bond donors (Lipinski definition) is 0. The van der Waals surface area contributed by atoms with E-state index in [9.17, 15) is 0 Å². The maximum atomic E-state index is 6.03. The molecule has 0 aliphatic carbocycles. The fourth-order valence-corrected chi connectivity index (χ4v) is 3.26. The van der Waals surface area contributed by atoms with Crippen LogP contribution in [0, 0.1) is 6.92 Å². The van der Waals surface area contributed by atoms with Gasteiger partial charge in [0.25, 0.3) is 0 Å². The number of aromatic nitrogens is 1. The van der Waals surface area contributed by atoms with E-state index in [1.807, 2.05) is 31.3 Å². The van der Waals surface area contributed by atoms with Crippen molar-refractivity contribution in [1.29, 1.82) is 0 Å². The first-order valence-corrected chi connectivity index (χ1v) is 9.59. The molecule has 0 atom stereocenters. The molecule has 138 valence electrons. The van der Waals surface area contributed by atoms with E-state index in [0.29, 0.717) is 6.61 Å². The molecule has 4 rings (SSSR count). The molecule has 2 heteroatoms. The zero-order chi connectivity index (χ0) is 19.2. The second-order valence-electron chi connectivity index (χ2n) is 6.86. The largest absolute Gasteiger partial charge is 0.493 e. The molecular weight excluding hydrogens is 342 g/mol. The van der Waals surface area contributed by atoms with Crippen molar-refractivity contribution in [2.24, 2.45) is 0 Å². The third kappa shape index (κ3) is 4.29. The van der Waals surface area contributed by atoms with Gasteiger partial charge in [0.15, 0.2) is 0 Å². The molecule has 1 aromatic heterocycles. The lowest BCUT2D eigenvalue weighted by Gasteiger charge is -2.10. The van der Waals surface area contributed by atoms with E-state index in [4.69, 9.17) is 4.74 Å². The number of nitrogens with zero attached hydrogens (tertiary/aromatic N) is 1. The van der Waals surface area contributed by atoms with Gasteiger partial charge in [0.2, 0.25) is 0 Å². The van der Waals surface area contributed by atoms with E-state index in [-0.39, 0.29) is 0 Å². The number of rotatable bonds is 6. The molecule has 0 aliphatic heterocycles. The van der Waals surface area contributed by atoms with E-state index < -0.39 is 0 Å². The fourth-order valence-electron chi connectivity index (χ4n) is 3.26. The molecule has 0 N–H and O–H groups in total. The highest BCUT2D eigenvalue weighted by Gasteiger charge is 2.03. The Morgan fingerprint density at radius 1 is 0.857 bits per heavy atom. The number of benzene rings is 3. The average molecular weight is 365 g/mol. The average Bonchev–Trinajstić information content (AvgIpc) is 2.75. The topological polar surface area (TPSA) is 22.1 Å². The van der Waals surface area contributed by atoms with E-state index in [1.54, 1.807) is 0 Å². The summed E-state index contributed by atoms with van der Waals surface area (Å²) in [5.74, 6) is 0.892. The van der Waals surface area contributed by atoms with Gasteiger partial charge in [0.05, 0.1) is 12.3 Å². The second kappa shape index (κ2) is 8.53. The molecule has 0 fully saturated rings. The molecule has 0 bridgehead atoms. The Morgan fingerprint density at radius 2 is 1.64 bits per heavy atom. The molecule has 0 amide bonds. The van der Waals surface area contributed by atoms with Crippen LogP contribution in [0.15, 0.2) is 85.1 Å². The number of hydrogen-bond acceptors (Lipinski definition) is 2. The standard InChI is InChI=1S/C26H23NO/c1-20-19-27-24(18-26(20)28-17-16-21-8-3-2-4-9-21)15-14-23-12-7-11-22-10-5-6-13-25(22)23/h2-15,18-19H,16-17H2,1H3/b15-14-. The third-order valence-corrected chi connectivity index (χ3v) is 4.82. The molecule has 0 spiro atoms. The lowest BCUT2D eigenvalue weighted by molar-refractivity contribution is 0.319. The predicted octanol–water partition coefficient (Wildman–Crippen LogP) is 6.34. The highest BCUT2D eigenvalue weighted by molar-refractivity contribution is 5.92. The Balaban J connectivity index is 1.49. The lowest BCUT2D eigenvalue weighted by Crippen LogP contribution is -2.03. The smallest absolute Gasteiger partial charge is 0.125 e. The summed E-state index contributed by atoms with van der Waals surface area (Å²) in [4.78, 5) is 4.53. The number of fused-ring (bicyclic) bond motifs is 1. The van der Waals surface area contributed by atoms with Gasteiger partial charge in [0, 0.05) is 24.2 Å². The first kappa shape index (κ1) is 18.0. The van der Waals surface area contributed by atoms with Crippen molar-refractivity contribution in [2.45, 2.75) is 13.3 Å². The molecule has 2 nitrogen and oxygen atoms in total. The minimum atomic E-state index is 0.654. The minimum absolute atomic E-state index is 0.654. The Morgan fingerprint density at radius 3 is 2.54 bits per heavy atom. The van der Waals surface area contributed by atoms with Gasteiger partial charge in [0.1, 0.15) is 5.75 Å². The van der Waals surface area contributed by atoms with E-state index >= 15 is 0 Å². The quantitative estimate of drug-likeness (QED) is 0.398. The summed E-state index contributed by atoms with van der Waals surface area (Å²) >= 11 is 0. The first-order chi connectivity index (χ1) is 13.8. The van der Waals surface area contributed by atoms with Crippen LogP contribution >= 0.6 is 0 Å². The van der Waals surface area contributed by atoms with Gasteiger partial charge in [-0.3, -0.25) is 4.98 Å². The van der Waals surface area contributed by atoms with Crippen molar-refractivity contribution in [3.05, 3.63) is 107 Å². The molecular formula is C26H23NO. The van der Waals surface area contributed by atoms with Gasteiger partial charge in [-0.15, -0.1) is 0 Å². The van der Waals surface area contributed by atoms with Crippen LogP contribution in [0.1, 0.15) is 22.4 Å². The van der Waals surface area contributed by atoms with E-state index in [0.717, 1.165) is 23.4 Å². The van der Waals surface area contributed by atoms with Crippen LogP contribution in [0.3, 0.4) is 0 Å². The predicted molar refractivity (Wildman–Crippen MR) is 117 cm³/mol. The van der Waals surface area contributed by atoms with Crippen molar-refractivity contribution in [2.75, 3.05) is 6.61 Å². The fraction of sp³-hybridized carbons (Fsp3) is 0.115. The summed E-state index contributed by atoms with van der Waals surface area (Å²) in [6, 6.07) is 27.2. The summed E-state index contributed by atoms with van der Waals surface area (Å²) in [7, 11) is 0. The molecule has 0 saturated carbocycles. The van der Waals surface area contributed by atoms with Gasteiger partial charge < -0.3 is 4.74 Å². The monoisotopic (exact) mass is 365 g/mol. The normalized spacial score (nSPS) is 11.2. The molecule has 0 radical (unpaired) electrons. The van der Waals surface area contributed by atoms with Gasteiger partial charge in [-0.25, -0.2) is 0 Å². The van der Waals surface area contributed by atoms with Crippen LogP contribution < -0.4 is 4.74 Å². The molecule has 28 heavy (non-hydrogen) atoms. The van der Waals surface area contributed by atoms with Crippen LogP contribution in [0.25, 0.3) is 22.9 Å². The first-order valence-electron chi connectivity index (χ1n) is 9.59. The number of ether oxygens (including phenoxy) is 1. The Kier molecular flexibility index (Phi) is 5.48. The van der Waals surface area contributed by atoms with Gasteiger partial charge in [-0.2, -0.15) is 0 Å². The van der Waals surface area contributed by atoms with Gasteiger partial charge in [-0.1, -0.05) is 78.9 Å². The second-order valence-corrected chi connectivity index (χ2v) is 6.86. The Labute approximate surface area is 166 Å². The van der Waals surface area contributed by atoms with E-state index in [2.05, 4.69) is 77.8 Å². The SMILES string of the molecule is Cc1cnc(/C=C\c2cccc3ccccc23)cc1OCCc1ccccc1. The van der Waals surface area contributed by atoms with Crippen LogP contribution in [-0.4, -0.2) is 11.6 Å². The van der Waals surface area contributed by atoms with Crippen molar-refractivity contribution in [3.8, 4) is 5.75 Å². The minimum Gasteiger partial charge on any atom is -0.493 e. The molecule has 0 aliphatic rings. The van der Waals surface area contributed by atoms with Crippen LogP contribution in [0.5, 0.6) is 5.75 Å². The summed E-state index contributed by atoms with van der Waals surface area (Å²) in [5.41, 5.74) is 4.42. The Bertz CT molecular complexity index is 1090. The van der Waals surface area contributed by atoms with Gasteiger partial charge >= 0.3 is 0 Å². The van der Waals surface area contributed by atoms with Crippen LogP contribution in [-0.2, 0) is 6.42 Å². The number of pyridine rings is 1. The molecule has 4 aromatic rings. The zero-order valence-electron chi connectivity index (χ0n) is 16.0. The maximum absolute atomic E-state index is 6.03. The highest BCUT2D eigenvalue weighted by Crippen LogP contribution is 2.22. The summed E-state index contributed by atoms with van der Waals surface area (Å²) in [6.45, 7) is 2.68. The number of aryl methyl sites for hydroxylation is 1. The summed E-state index contributed by atoms with van der Waals surface area (Å²) in [6.07, 6.45) is 6.93. The maximum Gasteiger partial charge on any atom is 0.125 e. The van der Waals surface area contributed by atoms with Crippen LogP contribution in [0.4, 0.5) is 0 Å². The third-order valence-electron chi connectivity index (χ3n) is 4.82. The molecule has 3 aromatic carbocycles.